The van der Waals surface area contributed by atoms with Gasteiger partial charge < -0.3 is 15.0 Å². The summed E-state index contributed by atoms with van der Waals surface area (Å²) in [6.07, 6.45) is 3.50. The van der Waals surface area contributed by atoms with Gasteiger partial charge in [-0.1, -0.05) is 18.2 Å². The summed E-state index contributed by atoms with van der Waals surface area (Å²) in [5.74, 6) is 1.00. The van der Waals surface area contributed by atoms with Gasteiger partial charge in [-0.15, -0.1) is 0 Å². The van der Waals surface area contributed by atoms with Crippen LogP contribution in [-0.2, 0) is 11.2 Å². The molecule has 5 heteroatoms. The van der Waals surface area contributed by atoms with E-state index in [1.807, 2.05) is 7.05 Å². The minimum absolute atomic E-state index is 0.888. The first-order valence-corrected chi connectivity index (χ1v) is 8.74. The van der Waals surface area contributed by atoms with E-state index in [1.54, 1.807) is 0 Å². The number of aliphatic imine (C=N–C) groups is 1. The normalized spacial score (nSPS) is 19.0. The van der Waals surface area contributed by atoms with E-state index in [0.717, 1.165) is 51.8 Å². The minimum Gasteiger partial charge on any atom is -0.379 e. The molecule has 0 aliphatic carbocycles. The number of para-hydroxylation sites is 1. The van der Waals surface area contributed by atoms with Gasteiger partial charge in [0.25, 0.3) is 0 Å². The summed E-state index contributed by atoms with van der Waals surface area (Å²) in [5.41, 5.74) is 2.72. The van der Waals surface area contributed by atoms with Gasteiger partial charge in [0.2, 0.25) is 0 Å². The number of hydrogen-bond acceptors (Lipinski definition) is 3. The van der Waals surface area contributed by atoms with Crippen LogP contribution in [0.25, 0.3) is 0 Å². The first kappa shape index (κ1) is 16.3. The lowest BCUT2D eigenvalue weighted by molar-refractivity contribution is 0.0372. The van der Waals surface area contributed by atoms with Crippen molar-refractivity contribution in [3.05, 3.63) is 29.8 Å². The van der Waals surface area contributed by atoms with Crippen LogP contribution in [0.3, 0.4) is 0 Å². The lowest BCUT2D eigenvalue weighted by Crippen LogP contribution is -2.41. The lowest BCUT2D eigenvalue weighted by Gasteiger charge is -2.26. The molecule has 0 atom stereocenters. The Morgan fingerprint density at radius 2 is 2.00 bits per heavy atom. The van der Waals surface area contributed by atoms with Crippen LogP contribution in [0.2, 0.25) is 0 Å². The minimum atomic E-state index is 0.888. The van der Waals surface area contributed by atoms with E-state index < -0.39 is 0 Å². The molecule has 1 aromatic rings. The highest BCUT2D eigenvalue weighted by atomic mass is 16.5. The first-order valence-electron chi connectivity index (χ1n) is 8.74. The van der Waals surface area contributed by atoms with Gasteiger partial charge in [0.05, 0.1) is 13.2 Å². The number of nitrogens with zero attached hydrogens (tertiary/aromatic N) is 3. The fourth-order valence-electron chi connectivity index (χ4n) is 3.34. The molecule has 1 aromatic carbocycles. The topological polar surface area (TPSA) is 40.1 Å². The van der Waals surface area contributed by atoms with Crippen LogP contribution < -0.4 is 10.2 Å². The van der Waals surface area contributed by atoms with Crippen molar-refractivity contribution in [2.24, 2.45) is 4.99 Å². The summed E-state index contributed by atoms with van der Waals surface area (Å²) in [4.78, 5) is 9.26. The summed E-state index contributed by atoms with van der Waals surface area (Å²) in [7, 11) is 1.87. The Balaban J connectivity index is 1.40. The summed E-state index contributed by atoms with van der Waals surface area (Å²) < 4.78 is 5.38. The van der Waals surface area contributed by atoms with Gasteiger partial charge in [0.1, 0.15) is 0 Å². The van der Waals surface area contributed by atoms with Crippen molar-refractivity contribution in [3.63, 3.8) is 0 Å². The average Bonchev–Trinajstić information content (AvgIpc) is 3.03. The summed E-state index contributed by atoms with van der Waals surface area (Å²) in [5, 5.41) is 3.52. The fraction of sp³-hybridized carbons (Fsp3) is 0.611. The van der Waals surface area contributed by atoms with Crippen LogP contribution >= 0.6 is 0 Å². The molecule has 5 nitrogen and oxygen atoms in total. The number of ether oxygens (including phenoxy) is 1. The Morgan fingerprint density at radius 1 is 1.17 bits per heavy atom. The summed E-state index contributed by atoms with van der Waals surface area (Å²) >= 11 is 0. The second-order valence-electron chi connectivity index (χ2n) is 6.17. The SMILES string of the molecule is CN=C(NCCCCN1CCOCC1)N1CCc2ccccc21. The van der Waals surface area contributed by atoms with E-state index in [0.29, 0.717) is 0 Å². The molecule has 0 radical (unpaired) electrons. The Morgan fingerprint density at radius 3 is 2.83 bits per heavy atom. The van der Waals surface area contributed by atoms with Crippen LogP contribution in [0, 0.1) is 0 Å². The zero-order chi connectivity index (χ0) is 15.9. The number of guanidine groups is 1. The smallest absolute Gasteiger partial charge is 0.198 e. The Kier molecular flexibility index (Phi) is 5.88. The number of hydrogen-bond donors (Lipinski definition) is 1. The molecule has 2 heterocycles. The van der Waals surface area contributed by atoms with Crippen molar-refractivity contribution in [2.75, 3.05) is 57.9 Å². The molecule has 3 rings (SSSR count). The molecule has 1 saturated heterocycles. The van der Waals surface area contributed by atoms with Crippen molar-refractivity contribution in [2.45, 2.75) is 19.3 Å². The quantitative estimate of drug-likeness (QED) is 0.510. The van der Waals surface area contributed by atoms with Gasteiger partial charge in [-0.2, -0.15) is 0 Å². The molecule has 2 aliphatic heterocycles. The molecule has 0 unspecified atom stereocenters. The molecule has 0 bridgehead atoms. The molecule has 2 aliphatic rings. The van der Waals surface area contributed by atoms with Gasteiger partial charge >= 0.3 is 0 Å². The molecule has 126 valence electrons. The monoisotopic (exact) mass is 316 g/mol. The second-order valence-corrected chi connectivity index (χ2v) is 6.17. The van der Waals surface area contributed by atoms with Gasteiger partial charge in [0.15, 0.2) is 5.96 Å². The van der Waals surface area contributed by atoms with Crippen molar-refractivity contribution in [1.82, 2.24) is 10.2 Å². The zero-order valence-electron chi connectivity index (χ0n) is 14.1. The van der Waals surface area contributed by atoms with Crippen LogP contribution in [0.5, 0.6) is 0 Å². The molecule has 0 saturated carbocycles. The van der Waals surface area contributed by atoms with Gasteiger partial charge in [0, 0.05) is 38.9 Å². The second kappa shape index (κ2) is 8.31. The molecule has 1 fully saturated rings. The Labute approximate surface area is 139 Å². The standard InChI is InChI=1S/C18H28N4O/c1-19-18(22-11-8-16-6-2-3-7-17(16)22)20-9-4-5-10-21-12-14-23-15-13-21/h2-3,6-7H,4-5,8-15H2,1H3,(H,19,20). The molecule has 0 aromatic heterocycles. The van der Waals surface area contributed by atoms with Gasteiger partial charge in [-0.25, -0.2) is 0 Å². The van der Waals surface area contributed by atoms with Crippen LogP contribution in [0.15, 0.2) is 29.3 Å². The lowest BCUT2D eigenvalue weighted by atomic mass is 10.2. The summed E-state index contributed by atoms with van der Waals surface area (Å²) in [6.45, 7) is 7.12. The predicted octanol–water partition coefficient (Wildman–Crippen LogP) is 1.74. The maximum atomic E-state index is 5.38. The van der Waals surface area contributed by atoms with Crippen LogP contribution in [-0.4, -0.2) is 63.8 Å². The van der Waals surface area contributed by atoms with Crippen molar-refractivity contribution < 1.29 is 4.74 Å². The third-order valence-corrected chi connectivity index (χ3v) is 4.64. The molecule has 0 amide bonds. The number of unbranched alkanes of at least 4 members (excludes halogenated alkanes) is 1. The molecular weight excluding hydrogens is 288 g/mol. The molecule has 0 spiro atoms. The largest absolute Gasteiger partial charge is 0.379 e. The van der Waals surface area contributed by atoms with E-state index in [-0.39, 0.29) is 0 Å². The Bertz CT molecular complexity index is 526. The number of benzene rings is 1. The van der Waals surface area contributed by atoms with Crippen LogP contribution in [0.1, 0.15) is 18.4 Å². The third-order valence-electron chi connectivity index (χ3n) is 4.64. The van der Waals surface area contributed by atoms with E-state index in [2.05, 4.69) is 44.4 Å². The van der Waals surface area contributed by atoms with Gasteiger partial charge in [-0.05, 0) is 37.4 Å². The highest BCUT2D eigenvalue weighted by Gasteiger charge is 2.22. The van der Waals surface area contributed by atoms with Gasteiger partial charge in [-0.3, -0.25) is 9.89 Å². The summed E-state index contributed by atoms with van der Waals surface area (Å²) in [6, 6.07) is 8.62. The molecule has 1 N–H and O–H groups in total. The first-order chi connectivity index (χ1) is 11.4. The maximum Gasteiger partial charge on any atom is 0.198 e. The van der Waals surface area contributed by atoms with Crippen molar-refractivity contribution in [1.29, 1.82) is 0 Å². The van der Waals surface area contributed by atoms with Crippen molar-refractivity contribution in [3.8, 4) is 0 Å². The molecule has 23 heavy (non-hydrogen) atoms. The number of rotatable bonds is 5. The molecular formula is C18H28N4O. The average molecular weight is 316 g/mol. The van der Waals surface area contributed by atoms with Crippen molar-refractivity contribution >= 4 is 11.6 Å². The van der Waals surface area contributed by atoms with Crippen LogP contribution in [0.4, 0.5) is 5.69 Å². The van der Waals surface area contributed by atoms with E-state index in [1.165, 1.54) is 30.6 Å². The predicted molar refractivity (Wildman–Crippen MR) is 95.3 cm³/mol. The Hall–Kier alpha value is -1.59. The maximum absolute atomic E-state index is 5.38. The number of nitrogens with one attached hydrogen (secondary N) is 1. The third kappa shape index (κ3) is 4.24. The fourth-order valence-corrected chi connectivity index (χ4v) is 3.34. The van der Waals surface area contributed by atoms with E-state index >= 15 is 0 Å². The highest BCUT2D eigenvalue weighted by Crippen LogP contribution is 2.27. The zero-order valence-corrected chi connectivity index (χ0v) is 14.1. The number of anilines is 1. The number of fused-ring (bicyclic) bond motifs is 1. The number of morpholine rings is 1. The van der Waals surface area contributed by atoms with E-state index in [9.17, 15) is 0 Å². The highest BCUT2D eigenvalue weighted by molar-refractivity contribution is 5.97. The van der Waals surface area contributed by atoms with E-state index in [4.69, 9.17) is 4.74 Å².